The van der Waals surface area contributed by atoms with E-state index in [0.29, 0.717) is 5.92 Å². The van der Waals surface area contributed by atoms with Crippen LogP contribution in [0.2, 0.25) is 0 Å². The predicted molar refractivity (Wildman–Crippen MR) is 105 cm³/mol. The van der Waals surface area contributed by atoms with Crippen molar-refractivity contribution in [1.82, 2.24) is 15.1 Å². The summed E-state index contributed by atoms with van der Waals surface area (Å²) in [5.74, 6) is 1.59. The quantitative estimate of drug-likeness (QED) is 0.397. The summed E-state index contributed by atoms with van der Waals surface area (Å²) in [6, 6.07) is 0. The first-order valence-electron chi connectivity index (χ1n) is 8.32. The molecular weight excluding hydrogens is 407 g/mol. The van der Waals surface area contributed by atoms with E-state index in [4.69, 9.17) is 9.47 Å². The fourth-order valence-corrected chi connectivity index (χ4v) is 3.36. The lowest BCUT2D eigenvalue weighted by Crippen LogP contribution is -2.57. The van der Waals surface area contributed by atoms with E-state index in [1.54, 1.807) is 0 Å². The lowest BCUT2D eigenvalue weighted by molar-refractivity contribution is -0.00523. The van der Waals surface area contributed by atoms with Gasteiger partial charge in [0.25, 0.3) is 0 Å². The van der Waals surface area contributed by atoms with Gasteiger partial charge in [-0.25, -0.2) is 0 Å². The van der Waals surface area contributed by atoms with Crippen LogP contribution in [0.1, 0.15) is 19.3 Å². The second-order valence-electron chi connectivity index (χ2n) is 6.74. The molecule has 0 bridgehead atoms. The highest BCUT2D eigenvalue weighted by Gasteiger charge is 2.35. The summed E-state index contributed by atoms with van der Waals surface area (Å²) >= 11 is 0. The van der Waals surface area contributed by atoms with Gasteiger partial charge in [0, 0.05) is 58.5 Å². The molecule has 2 saturated heterocycles. The van der Waals surface area contributed by atoms with Crippen molar-refractivity contribution < 1.29 is 9.47 Å². The average molecular weight is 440 g/mol. The zero-order valence-electron chi connectivity index (χ0n) is 15.0. The smallest absolute Gasteiger partial charge is 0.193 e. The Morgan fingerprint density at radius 2 is 1.87 bits per heavy atom. The third-order valence-electron chi connectivity index (χ3n) is 5.08. The van der Waals surface area contributed by atoms with Gasteiger partial charge in [0.05, 0.1) is 6.61 Å². The Hall–Kier alpha value is -0.120. The molecule has 136 valence electrons. The van der Waals surface area contributed by atoms with Crippen molar-refractivity contribution in [2.75, 3.05) is 67.7 Å². The molecular formula is C16H33IN4O2. The van der Waals surface area contributed by atoms with Gasteiger partial charge in [0.1, 0.15) is 0 Å². The minimum absolute atomic E-state index is 0. The Labute approximate surface area is 158 Å². The summed E-state index contributed by atoms with van der Waals surface area (Å²) in [5, 5.41) is 3.57. The second kappa shape index (κ2) is 10.0. The Balaban J connectivity index is 0.00000264. The number of guanidine groups is 1. The first-order chi connectivity index (χ1) is 10.6. The molecule has 0 radical (unpaired) electrons. The van der Waals surface area contributed by atoms with Crippen molar-refractivity contribution in [3.63, 3.8) is 0 Å². The number of nitrogens with one attached hydrogen (secondary N) is 1. The largest absolute Gasteiger partial charge is 0.381 e. The first-order valence-corrected chi connectivity index (χ1v) is 8.32. The van der Waals surface area contributed by atoms with Crippen LogP contribution in [0.15, 0.2) is 4.99 Å². The molecule has 0 aliphatic carbocycles. The number of likely N-dealkylation sites (N-methyl/N-ethyl adjacent to an activating group) is 1. The van der Waals surface area contributed by atoms with Gasteiger partial charge in [-0.05, 0) is 33.4 Å². The van der Waals surface area contributed by atoms with Gasteiger partial charge in [-0.3, -0.25) is 4.99 Å². The molecule has 0 spiro atoms. The summed E-state index contributed by atoms with van der Waals surface area (Å²) in [6.45, 7) is 5.36. The van der Waals surface area contributed by atoms with Crippen molar-refractivity contribution >= 4 is 29.9 Å². The normalized spacial score (nSPS) is 24.4. The highest BCUT2D eigenvalue weighted by molar-refractivity contribution is 14.0. The molecule has 2 aliphatic heterocycles. The fraction of sp³-hybridized carbons (Fsp3) is 0.938. The number of hydrogen-bond acceptors (Lipinski definition) is 4. The van der Waals surface area contributed by atoms with Crippen LogP contribution in [-0.2, 0) is 9.47 Å². The van der Waals surface area contributed by atoms with Crippen molar-refractivity contribution in [2.45, 2.75) is 24.8 Å². The van der Waals surface area contributed by atoms with Crippen LogP contribution in [0.3, 0.4) is 0 Å². The summed E-state index contributed by atoms with van der Waals surface area (Å²) in [5.41, 5.74) is 0.158. The highest BCUT2D eigenvalue weighted by Crippen LogP contribution is 2.25. The van der Waals surface area contributed by atoms with E-state index >= 15 is 0 Å². The molecule has 2 rings (SSSR count). The molecule has 23 heavy (non-hydrogen) atoms. The molecule has 2 fully saturated rings. The zero-order valence-corrected chi connectivity index (χ0v) is 17.3. The number of halogens is 1. The van der Waals surface area contributed by atoms with Crippen LogP contribution < -0.4 is 5.32 Å². The molecule has 7 heteroatoms. The molecule has 1 atom stereocenters. The Morgan fingerprint density at radius 3 is 2.39 bits per heavy atom. The van der Waals surface area contributed by atoms with E-state index in [9.17, 15) is 0 Å². The van der Waals surface area contributed by atoms with Crippen molar-refractivity contribution in [3.8, 4) is 0 Å². The second-order valence-corrected chi connectivity index (χ2v) is 6.74. The average Bonchev–Trinajstić information content (AvgIpc) is 3.01. The monoisotopic (exact) mass is 440 g/mol. The third kappa shape index (κ3) is 5.72. The lowest BCUT2D eigenvalue weighted by Gasteiger charge is -2.43. The van der Waals surface area contributed by atoms with E-state index in [1.165, 1.54) is 0 Å². The van der Waals surface area contributed by atoms with Gasteiger partial charge in [-0.2, -0.15) is 0 Å². The molecule has 0 aromatic carbocycles. The van der Waals surface area contributed by atoms with E-state index < -0.39 is 0 Å². The number of ether oxygens (including phenoxy) is 2. The molecule has 0 aromatic rings. The summed E-state index contributed by atoms with van der Waals surface area (Å²) in [6.07, 6.45) is 3.27. The van der Waals surface area contributed by atoms with Gasteiger partial charge in [-0.15, -0.1) is 24.0 Å². The van der Waals surface area contributed by atoms with Gasteiger partial charge in [0.2, 0.25) is 0 Å². The van der Waals surface area contributed by atoms with Gasteiger partial charge >= 0.3 is 0 Å². The van der Waals surface area contributed by atoms with Crippen LogP contribution in [0.25, 0.3) is 0 Å². The van der Waals surface area contributed by atoms with Crippen molar-refractivity contribution in [1.29, 1.82) is 0 Å². The van der Waals surface area contributed by atoms with Crippen LogP contribution in [-0.4, -0.2) is 89.0 Å². The van der Waals surface area contributed by atoms with Crippen LogP contribution in [0, 0.1) is 5.92 Å². The molecule has 6 nitrogen and oxygen atoms in total. The predicted octanol–water partition coefficient (Wildman–Crippen LogP) is 1.26. The Kier molecular flexibility index (Phi) is 9.10. The van der Waals surface area contributed by atoms with Gasteiger partial charge in [0.15, 0.2) is 5.96 Å². The van der Waals surface area contributed by atoms with E-state index in [-0.39, 0.29) is 29.5 Å². The topological polar surface area (TPSA) is 49.3 Å². The fourth-order valence-electron chi connectivity index (χ4n) is 3.36. The maximum absolute atomic E-state index is 5.54. The van der Waals surface area contributed by atoms with Crippen molar-refractivity contribution in [3.05, 3.63) is 0 Å². The summed E-state index contributed by atoms with van der Waals surface area (Å²) in [4.78, 5) is 9.00. The minimum Gasteiger partial charge on any atom is -0.381 e. The number of aliphatic imine (C=N–C) groups is 1. The lowest BCUT2D eigenvalue weighted by atomic mass is 9.88. The first kappa shape index (κ1) is 20.9. The molecule has 1 N–H and O–H groups in total. The van der Waals surface area contributed by atoms with Crippen LogP contribution in [0.4, 0.5) is 0 Å². The van der Waals surface area contributed by atoms with E-state index in [2.05, 4.69) is 41.3 Å². The molecule has 0 amide bonds. The minimum atomic E-state index is 0. The van der Waals surface area contributed by atoms with Crippen LogP contribution in [0.5, 0.6) is 0 Å². The maximum Gasteiger partial charge on any atom is 0.193 e. The molecule has 0 saturated carbocycles. The summed E-state index contributed by atoms with van der Waals surface area (Å²) in [7, 11) is 8.29. The molecule has 2 heterocycles. The number of rotatable bonds is 5. The Bertz CT molecular complexity index is 367. The molecule has 1 unspecified atom stereocenters. The zero-order chi connectivity index (χ0) is 16.0. The highest BCUT2D eigenvalue weighted by atomic mass is 127. The molecule has 2 aliphatic rings. The maximum atomic E-state index is 5.54. The standard InChI is InChI=1S/C16H32N4O2.HI/c1-17-15(20(4)11-14-5-8-22-12-14)18-13-16(19(2)3)6-9-21-10-7-16;/h14H,5-13H2,1-4H3,(H,17,18);1H. The number of hydrogen-bond donors (Lipinski definition) is 1. The molecule has 0 aromatic heterocycles. The third-order valence-corrected chi connectivity index (χ3v) is 5.08. The SMILES string of the molecule is CN=C(NCC1(N(C)C)CCOCC1)N(C)CC1CCOC1.I. The van der Waals surface area contributed by atoms with Crippen LogP contribution >= 0.6 is 24.0 Å². The summed E-state index contributed by atoms with van der Waals surface area (Å²) < 4.78 is 11.0. The van der Waals surface area contributed by atoms with Gasteiger partial charge in [-0.1, -0.05) is 0 Å². The van der Waals surface area contributed by atoms with E-state index in [0.717, 1.165) is 64.7 Å². The number of nitrogens with zero attached hydrogens (tertiary/aromatic N) is 3. The van der Waals surface area contributed by atoms with Gasteiger partial charge < -0.3 is 24.6 Å². The Morgan fingerprint density at radius 1 is 1.17 bits per heavy atom. The van der Waals surface area contributed by atoms with E-state index in [1.807, 2.05) is 7.05 Å². The van der Waals surface area contributed by atoms with Crippen molar-refractivity contribution in [2.24, 2.45) is 10.9 Å².